The molecular weight excluding hydrogens is 308 g/mol. The van der Waals surface area contributed by atoms with Gasteiger partial charge in [-0.2, -0.15) is 0 Å². The Hall–Kier alpha value is -0.690. The molecule has 24 heavy (non-hydrogen) atoms. The molecule has 0 radical (unpaired) electrons. The number of nitrogens with two attached hydrogens (primary N) is 1. The zero-order chi connectivity index (χ0) is 17.7. The largest absolute Gasteiger partial charge is 0.381 e. The Morgan fingerprint density at radius 1 is 0.792 bits per heavy atom. The number of rotatable bonds is 19. The fourth-order valence-corrected chi connectivity index (χ4v) is 2.20. The fourth-order valence-electron chi connectivity index (χ4n) is 2.20. The van der Waals surface area contributed by atoms with E-state index < -0.39 is 0 Å². The van der Waals surface area contributed by atoms with Crippen LogP contribution in [0, 0.1) is 0 Å². The van der Waals surface area contributed by atoms with Crippen molar-refractivity contribution < 1.29 is 19.0 Å². The van der Waals surface area contributed by atoms with E-state index in [4.69, 9.17) is 19.9 Å². The van der Waals surface area contributed by atoms with Gasteiger partial charge in [0, 0.05) is 32.7 Å². The summed E-state index contributed by atoms with van der Waals surface area (Å²) in [6.45, 7) is 7.17. The summed E-state index contributed by atoms with van der Waals surface area (Å²) in [6.07, 6.45) is 8.60. The number of carbonyl (C=O) groups is 1. The van der Waals surface area contributed by atoms with E-state index in [1.54, 1.807) is 0 Å². The van der Waals surface area contributed by atoms with Gasteiger partial charge in [-0.05, 0) is 19.3 Å². The summed E-state index contributed by atoms with van der Waals surface area (Å²) in [5.74, 6) is 0.117. The monoisotopic (exact) mass is 346 g/mol. The lowest BCUT2D eigenvalue weighted by Crippen LogP contribution is -2.27. The van der Waals surface area contributed by atoms with Crippen molar-refractivity contribution in [3.63, 3.8) is 0 Å². The first-order valence-electron chi connectivity index (χ1n) is 9.51. The molecule has 0 spiro atoms. The first-order valence-corrected chi connectivity index (χ1v) is 9.51. The molecule has 0 saturated heterocycles. The van der Waals surface area contributed by atoms with Gasteiger partial charge in [-0.25, -0.2) is 0 Å². The summed E-state index contributed by atoms with van der Waals surface area (Å²) in [7, 11) is 0. The van der Waals surface area contributed by atoms with Crippen LogP contribution in [0.3, 0.4) is 0 Å². The van der Waals surface area contributed by atoms with Crippen molar-refractivity contribution in [3.8, 4) is 0 Å². The third kappa shape index (κ3) is 19.4. The first-order chi connectivity index (χ1) is 11.8. The molecule has 1 amide bonds. The average Bonchev–Trinajstić information content (AvgIpc) is 2.59. The van der Waals surface area contributed by atoms with Crippen LogP contribution >= 0.6 is 0 Å². The number of unbranched alkanes of at least 4 members (excludes halogenated alkanes) is 5. The van der Waals surface area contributed by atoms with Crippen molar-refractivity contribution in [2.24, 2.45) is 5.73 Å². The number of hydrogen-bond donors (Lipinski definition) is 2. The Morgan fingerprint density at radius 3 is 2.12 bits per heavy atom. The molecule has 0 aromatic carbocycles. The quantitative estimate of drug-likeness (QED) is 0.351. The van der Waals surface area contributed by atoms with Crippen LogP contribution in [0.5, 0.6) is 0 Å². The molecular formula is C18H38N2O4. The van der Waals surface area contributed by atoms with Gasteiger partial charge < -0.3 is 25.3 Å². The van der Waals surface area contributed by atoms with Crippen LogP contribution in [0.2, 0.25) is 0 Å². The van der Waals surface area contributed by atoms with Crippen LogP contribution in [-0.4, -0.2) is 58.6 Å². The summed E-state index contributed by atoms with van der Waals surface area (Å²) >= 11 is 0. The van der Waals surface area contributed by atoms with Gasteiger partial charge in [0.15, 0.2) is 0 Å². The molecule has 3 N–H and O–H groups in total. The van der Waals surface area contributed by atoms with Crippen molar-refractivity contribution in [1.82, 2.24) is 5.32 Å². The third-order valence-electron chi connectivity index (χ3n) is 3.49. The molecule has 0 aromatic rings. The highest BCUT2D eigenvalue weighted by molar-refractivity contribution is 5.75. The number of amides is 1. The van der Waals surface area contributed by atoms with E-state index in [-0.39, 0.29) is 5.91 Å². The summed E-state index contributed by atoms with van der Waals surface area (Å²) in [6, 6.07) is 0. The smallest absolute Gasteiger partial charge is 0.220 e. The molecule has 0 heterocycles. The van der Waals surface area contributed by atoms with Gasteiger partial charge in [0.2, 0.25) is 5.91 Å². The minimum Gasteiger partial charge on any atom is -0.381 e. The summed E-state index contributed by atoms with van der Waals surface area (Å²) in [4.78, 5) is 11.6. The van der Waals surface area contributed by atoms with Crippen molar-refractivity contribution in [2.45, 2.75) is 58.3 Å². The molecule has 144 valence electrons. The number of nitrogens with one attached hydrogen (secondary N) is 1. The van der Waals surface area contributed by atoms with E-state index >= 15 is 0 Å². The number of ether oxygens (including phenoxy) is 3. The van der Waals surface area contributed by atoms with E-state index in [9.17, 15) is 4.79 Å². The normalized spacial score (nSPS) is 10.9. The lowest BCUT2D eigenvalue weighted by molar-refractivity contribution is -0.121. The zero-order valence-corrected chi connectivity index (χ0v) is 15.5. The minimum absolute atomic E-state index is 0.117. The van der Waals surface area contributed by atoms with Crippen LogP contribution < -0.4 is 11.1 Å². The Kier molecular flexibility index (Phi) is 19.8. The van der Waals surface area contributed by atoms with E-state index in [0.29, 0.717) is 45.9 Å². The number of hydrogen-bond acceptors (Lipinski definition) is 5. The lowest BCUT2D eigenvalue weighted by atomic mass is 10.1. The molecule has 0 fully saturated rings. The van der Waals surface area contributed by atoms with Crippen LogP contribution in [-0.2, 0) is 19.0 Å². The maximum atomic E-state index is 11.6. The maximum Gasteiger partial charge on any atom is 0.220 e. The van der Waals surface area contributed by atoms with Gasteiger partial charge in [-0.15, -0.1) is 0 Å². The van der Waals surface area contributed by atoms with E-state index in [0.717, 1.165) is 38.9 Å². The topological polar surface area (TPSA) is 82.8 Å². The molecule has 0 aliphatic rings. The highest BCUT2D eigenvalue weighted by atomic mass is 16.5. The van der Waals surface area contributed by atoms with Gasteiger partial charge in [0.25, 0.3) is 0 Å². The van der Waals surface area contributed by atoms with Gasteiger partial charge in [0.1, 0.15) is 0 Å². The molecule has 0 aliphatic carbocycles. The third-order valence-corrected chi connectivity index (χ3v) is 3.49. The summed E-state index contributed by atoms with van der Waals surface area (Å²) in [5, 5.41) is 2.87. The second kappa shape index (κ2) is 20.4. The minimum atomic E-state index is 0.117. The van der Waals surface area contributed by atoms with Crippen molar-refractivity contribution >= 4 is 5.91 Å². The van der Waals surface area contributed by atoms with Crippen molar-refractivity contribution in [3.05, 3.63) is 0 Å². The zero-order valence-electron chi connectivity index (χ0n) is 15.5. The van der Waals surface area contributed by atoms with E-state index in [2.05, 4.69) is 12.2 Å². The number of carbonyl (C=O) groups excluding carboxylic acids is 1. The Balaban J connectivity index is 3.13. The fraction of sp³-hybridized carbons (Fsp3) is 0.944. The van der Waals surface area contributed by atoms with Gasteiger partial charge in [-0.3, -0.25) is 4.79 Å². The molecule has 0 rings (SSSR count). The first kappa shape index (κ1) is 23.3. The molecule has 0 bridgehead atoms. The van der Waals surface area contributed by atoms with Crippen molar-refractivity contribution in [2.75, 3.05) is 52.7 Å². The summed E-state index contributed by atoms with van der Waals surface area (Å²) in [5.41, 5.74) is 5.30. The highest BCUT2D eigenvalue weighted by Crippen LogP contribution is 2.07. The van der Waals surface area contributed by atoms with Crippen LogP contribution in [0.1, 0.15) is 58.3 Å². The highest BCUT2D eigenvalue weighted by Gasteiger charge is 2.00. The summed E-state index contributed by atoms with van der Waals surface area (Å²) < 4.78 is 16.0. The predicted octanol–water partition coefficient (Wildman–Crippen LogP) is 2.25. The average molecular weight is 347 g/mol. The van der Waals surface area contributed by atoms with Gasteiger partial charge in [-0.1, -0.05) is 32.6 Å². The van der Waals surface area contributed by atoms with Crippen LogP contribution in [0.15, 0.2) is 0 Å². The van der Waals surface area contributed by atoms with E-state index in [1.807, 2.05) is 0 Å². The van der Waals surface area contributed by atoms with Crippen LogP contribution in [0.25, 0.3) is 0 Å². The Labute approximate surface area is 147 Å². The molecule has 6 nitrogen and oxygen atoms in total. The second-order valence-electron chi connectivity index (χ2n) is 5.85. The SMILES string of the molecule is CCCOCCCCCCCCC(=O)NCCOCCOCCN. The Bertz CT molecular complexity index is 265. The second-order valence-corrected chi connectivity index (χ2v) is 5.85. The molecule has 0 saturated carbocycles. The molecule has 0 unspecified atom stereocenters. The molecule has 0 aromatic heterocycles. The van der Waals surface area contributed by atoms with Gasteiger partial charge >= 0.3 is 0 Å². The maximum absolute atomic E-state index is 11.6. The molecule has 0 aliphatic heterocycles. The molecule has 0 atom stereocenters. The standard InChI is InChI=1S/C18H38N2O4/c1-2-12-22-13-8-6-4-3-5-7-9-18(21)20-11-15-24-17-16-23-14-10-19/h2-17,19H2,1H3,(H,20,21). The van der Waals surface area contributed by atoms with Crippen LogP contribution in [0.4, 0.5) is 0 Å². The predicted molar refractivity (Wildman–Crippen MR) is 97.1 cm³/mol. The van der Waals surface area contributed by atoms with Gasteiger partial charge in [0.05, 0.1) is 26.4 Å². The van der Waals surface area contributed by atoms with E-state index in [1.165, 1.54) is 19.3 Å². The lowest BCUT2D eigenvalue weighted by Gasteiger charge is -2.07. The Morgan fingerprint density at radius 2 is 1.42 bits per heavy atom. The molecule has 6 heteroatoms. The van der Waals surface area contributed by atoms with Crippen molar-refractivity contribution in [1.29, 1.82) is 0 Å².